The fourth-order valence-corrected chi connectivity index (χ4v) is 4.01. The smallest absolute Gasteiger partial charge is 0.328 e. The van der Waals surface area contributed by atoms with E-state index in [2.05, 4.69) is 35.9 Å². The van der Waals surface area contributed by atoms with E-state index in [9.17, 15) is 9.59 Å². The number of piperidine rings is 1. The zero-order valence-electron chi connectivity index (χ0n) is 19.1. The highest BCUT2D eigenvalue weighted by molar-refractivity contribution is 5.86. The van der Waals surface area contributed by atoms with Gasteiger partial charge in [0, 0.05) is 30.9 Å². The second kappa shape index (κ2) is 12.1. The van der Waals surface area contributed by atoms with Crippen molar-refractivity contribution in [3.63, 3.8) is 0 Å². The Morgan fingerprint density at radius 1 is 1.42 bits per heavy atom. The van der Waals surface area contributed by atoms with Crippen LogP contribution in [0.1, 0.15) is 46.1 Å². The number of carbonyl (C=O) groups excluding carboxylic acids is 2. The van der Waals surface area contributed by atoms with Gasteiger partial charge in [0.25, 0.3) is 0 Å². The minimum atomic E-state index is -0.412. The van der Waals surface area contributed by atoms with Gasteiger partial charge in [-0.2, -0.15) is 0 Å². The number of carbonyl (C=O) groups is 2. The summed E-state index contributed by atoms with van der Waals surface area (Å²) < 4.78 is 5.82. The molecule has 6 heteroatoms. The Labute approximate surface area is 186 Å². The fraction of sp³-hybridized carbons (Fsp3) is 0.440. The molecule has 3 amide bonds. The number of likely N-dealkylation sites (tertiary alicyclic amines) is 1. The highest BCUT2D eigenvalue weighted by Crippen LogP contribution is 2.27. The zero-order valence-corrected chi connectivity index (χ0v) is 19.1. The van der Waals surface area contributed by atoms with E-state index in [4.69, 9.17) is 4.74 Å². The van der Waals surface area contributed by atoms with E-state index in [1.165, 1.54) is 5.56 Å². The largest absolute Gasteiger partial charge is 0.491 e. The molecule has 1 heterocycles. The van der Waals surface area contributed by atoms with Gasteiger partial charge in [-0.05, 0) is 70.4 Å². The molecular weight excluding hydrogens is 390 g/mol. The molecule has 0 radical (unpaired) electrons. The molecule has 0 aliphatic carbocycles. The summed E-state index contributed by atoms with van der Waals surface area (Å²) in [6.07, 6.45) is 9.38. The van der Waals surface area contributed by atoms with Crippen molar-refractivity contribution in [2.24, 2.45) is 0 Å². The Hall–Kier alpha value is -2.86. The van der Waals surface area contributed by atoms with Crippen molar-refractivity contribution in [2.45, 2.75) is 65.3 Å². The number of hydrogen-bond donors (Lipinski definition) is 1. The second-order valence-corrected chi connectivity index (χ2v) is 8.08. The lowest BCUT2D eigenvalue weighted by atomic mass is 9.95. The predicted molar refractivity (Wildman–Crippen MR) is 125 cm³/mol. The fourth-order valence-electron chi connectivity index (χ4n) is 4.01. The van der Waals surface area contributed by atoms with Crippen LogP contribution in [0.15, 0.2) is 60.8 Å². The molecule has 2 atom stereocenters. The quantitative estimate of drug-likeness (QED) is 0.462. The average molecular weight is 426 g/mol. The first kappa shape index (κ1) is 24.4. The summed E-state index contributed by atoms with van der Waals surface area (Å²) >= 11 is 0. The standard InChI is InChI=1S/C25H35N3O3/c1-6-9-22(10-7-2)28(25(30)26-18-29)23-13-14-27(20(5)15-23)17-21-11-8-12-24(16-21)31-19(3)4/h6-12,16,18-20,23H,1,13-15,17H2,2-5H3,(H,26,29,30)/b10-7-,22-9+/t20-,23?/m0/s1. The van der Waals surface area contributed by atoms with Gasteiger partial charge in [-0.1, -0.05) is 30.9 Å². The van der Waals surface area contributed by atoms with E-state index >= 15 is 0 Å². The lowest BCUT2D eigenvalue weighted by Gasteiger charge is -2.42. The zero-order chi connectivity index (χ0) is 22.8. The maximum Gasteiger partial charge on any atom is 0.328 e. The van der Waals surface area contributed by atoms with Gasteiger partial charge in [-0.3, -0.25) is 19.9 Å². The lowest BCUT2D eigenvalue weighted by molar-refractivity contribution is -0.108. The van der Waals surface area contributed by atoms with Crippen LogP contribution in [-0.2, 0) is 11.3 Å². The molecule has 1 aromatic carbocycles. The topological polar surface area (TPSA) is 61.9 Å². The third-order valence-corrected chi connectivity index (χ3v) is 5.31. The summed E-state index contributed by atoms with van der Waals surface area (Å²) in [5.74, 6) is 0.886. The van der Waals surface area contributed by atoms with Gasteiger partial charge in [0.2, 0.25) is 6.41 Å². The van der Waals surface area contributed by atoms with Crippen molar-refractivity contribution in [1.29, 1.82) is 0 Å². The summed E-state index contributed by atoms with van der Waals surface area (Å²) in [6, 6.07) is 8.08. The number of amides is 3. The molecule has 1 aromatic rings. The number of ether oxygens (including phenoxy) is 1. The van der Waals surface area contributed by atoms with Crippen molar-refractivity contribution in [3.05, 3.63) is 66.4 Å². The summed E-state index contributed by atoms with van der Waals surface area (Å²) in [5, 5.41) is 2.30. The molecule has 31 heavy (non-hydrogen) atoms. The first-order valence-corrected chi connectivity index (χ1v) is 10.9. The Bertz CT molecular complexity index is 816. The van der Waals surface area contributed by atoms with Gasteiger partial charge in [0.05, 0.1) is 6.10 Å². The van der Waals surface area contributed by atoms with E-state index < -0.39 is 6.03 Å². The third-order valence-electron chi connectivity index (χ3n) is 5.31. The minimum absolute atomic E-state index is 0.00999. The molecule has 1 aliphatic rings. The van der Waals surface area contributed by atoms with Crippen LogP contribution in [0.2, 0.25) is 0 Å². The van der Waals surface area contributed by atoms with Crippen LogP contribution in [-0.4, -0.2) is 47.0 Å². The van der Waals surface area contributed by atoms with Crippen LogP contribution in [0.5, 0.6) is 5.75 Å². The number of imide groups is 1. The van der Waals surface area contributed by atoms with Crippen LogP contribution in [0, 0.1) is 0 Å². The molecule has 1 fully saturated rings. The van der Waals surface area contributed by atoms with Gasteiger partial charge >= 0.3 is 6.03 Å². The first-order chi connectivity index (χ1) is 14.9. The van der Waals surface area contributed by atoms with Crippen LogP contribution in [0.25, 0.3) is 0 Å². The van der Waals surface area contributed by atoms with Gasteiger partial charge in [0.15, 0.2) is 0 Å². The van der Waals surface area contributed by atoms with E-state index in [1.807, 2.05) is 45.1 Å². The van der Waals surface area contributed by atoms with E-state index in [1.54, 1.807) is 17.1 Å². The molecule has 1 aliphatic heterocycles. The maximum atomic E-state index is 12.7. The van der Waals surface area contributed by atoms with Crippen molar-refractivity contribution < 1.29 is 14.3 Å². The molecule has 1 saturated heterocycles. The highest BCUT2D eigenvalue weighted by atomic mass is 16.5. The summed E-state index contributed by atoms with van der Waals surface area (Å²) in [7, 11) is 0. The first-order valence-electron chi connectivity index (χ1n) is 10.9. The third kappa shape index (κ3) is 7.10. The van der Waals surface area contributed by atoms with Crippen molar-refractivity contribution >= 4 is 12.4 Å². The molecule has 0 aromatic heterocycles. The number of rotatable bonds is 9. The number of nitrogens with zero attached hydrogens (tertiary/aromatic N) is 2. The molecule has 0 saturated carbocycles. The second-order valence-electron chi connectivity index (χ2n) is 8.08. The van der Waals surface area contributed by atoms with Gasteiger partial charge in [-0.15, -0.1) is 0 Å². The van der Waals surface area contributed by atoms with E-state index in [-0.39, 0.29) is 18.2 Å². The summed E-state index contributed by atoms with van der Waals surface area (Å²) in [5.41, 5.74) is 1.93. The van der Waals surface area contributed by atoms with Gasteiger partial charge in [0.1, 0.15) is 5.75 Å². The number of nitrogens with one attached hydrogen (secondary N) is 1. The van der Waals surface area contributed by atoms with Crippen LogP contribution in [0.4, 0.5) is 4.79 Å². The molecule has 6 nitrogen and oxygen atoms in total. The lowest BCUT2D eigenvalue weighted by Crippen LogP contribution is -2.52. The molecular formula is C25H35N3O3. The Morgan fingerprint density at radius 3 is 2.81 bits per heavy atom. The summed E-state index contributed by atoms with van der Waals surface area (Å²) in [4.78, 5) is 27.7. The molecule has 2 rings (SSSR count). The number of hydrogen-bond acceptors (Lipinski definition) is 4. The minimum Gasteiger partial charge on any atom is -0.491 e. The number of benzene rings is 1. The number of urea groups is 1. The van der Waals surface area contributed by atoms with E-state index in [0.29, 0.717) is 6.41 Å². The Balaban J connectivity index is 2.14. The van der Waals surface area contributed by atoms with Gasteiger partial charge in [-0.25, -0.2) is 4.79 Å². The van der Waals surface area contributed by atoms with Gasteiger partial charge < -0.3 is 4.74 Å². The summed E-state index contributed by atoms with van der Waals surface area (Å²) in [6.45, 7) is 13.6. The van der Waals surface area contributed by atoms with Crippen molar-refractivity contribution in [2.75, 3.05) is 6.54 Å². The van der Waals surface area contributed by atoms with Crippen LogP contribution >= 0.6 is 0 Å². The number of allylic oxidation sites excluding steroid dienone is 4. The van der Waals surface area contributed by atoms with E-state index in [0.717, 1.165) is 37.4 Å². The maximum absolute atomic E-state index is 12.7. The molecule has 168 valence electrons. The molecule has 1 N–H and O–H groups in total. The van der Waals surface area contributed by atoms with Crippen LogP contribution in [0.3, 0.4) is 0 Å². The molecule has 1 unspecified atom stereocenters. The predicted octanol–water partition coefficient (Wildman–Crippen LogP) is 4.64. The van der Waals surface area contributed by atoms with Crippen molar-refractivity contribution in [1.82, 2.24) is 15.1 Å². The SMILES string of the molecule is C=C/C=C(\C=C/C)N(C(=O)NC=O)C1CCN(Cc2cccc(OC(C)C)c2)[C@@H](C)C1. The normalized spacial score (nSPS) is 20.0. The monoisotopic (exact) mass is 425 g/mol. The highest BCUT2D eigenvalue weighted by Gasteiger charge is 2.33. The Morgan fingerprint density at radius 2 is 2.19 bits per heavy atom. The average Bonchev–Trinajstić information content (AvgIpc) is 2.70. The van der Waals surface area contributed by atoms with Crippen LogP contribution < -0.4 is 10.1 Å². The molecule has 0 spiro atoms. The Kier molecular flexibility index (Phi) is 9.53. The molecule has 0 bridgehead atoms. The van der Waals surface area contributed by atoms with Crippen molar-refractivity contribution in [3.8, 4) is 5.75 Å².